The summed E-state index contributed by atoms with van der Waals surface area (Å²) in [6, 6.07) is 18.1. The molecule has 3 heterocycles. The number of carbonyl (C=O) groups excluding carboxylic acids is 2. The van der Waals surface area contributed by atoms with E-state index in [1.165, 1.54) is 0 Å². The molecule has 1 saturated heterocycles. The average molecular weight is 495 g/mol. The second-order valence-corrected chi connectivity index (χ2v) is 9.77. The van der Waals surface area contributed by atoms with E-state index in [9.17, 15) is 9.59 Å². The third-order valence-electron chi connectivity index (χ3n) is 6.99. The van der Waals surface area contributed by atoms with E-state index in [1.54, 1.807) is 0 Å². The number of hydrogen-bond donors (Lipinski definition) is 2. The summed E-state index contributed by atoms with van der Waals surface area (Å²) in [5.74, 6) is 0.936. The Bertz CT molecular complexity index is 1430. The standard InChI is InChI=1S/C29H30N6O2/c36-26-8-4-16-34(26)17-5-15-30-27-28-31-18-25(35(28)19-24(33-27)20-6-2-1-3-7-20)21-9-11-22(12-10-21)29(37)32-23-13-14-23/h1-3,6-7,9-12,18-19,23H,4-5,8,13-17H2,(H,30,33)(H,32,37). The highest BCUT2D eigenvalue weighted by molar-refractivity contribution is 5.95. The van der Waals surface area contributed by atoms with E-state index in [-0.39, 0.29) is 11.8 Å². The summed E-state index contributed by atoms with van der Waals surface area (Å²) >= 11 is 0. The molecule has 0 bridgehead atoms. The predicted molar refractivity (Wildman–Crippen MR) is 143 cm³/mol. The Morgan fingerprint density at radius 2 is 1.84 bits per heavy atom. The van der Waals surface area contributed by atoms with Gasteiger partial charge < -0.3 is 15.5 Å². The van der Waals surface area contributed by atoms with Crippen LogP contribution in [0.4, 0.5) is 5.82 Å². The number of anilines is 1. The van der Waals surface area contributed by atoms with Crippen molar-refractivity contribution >= 4 is 23.3 Å². The molecular weight excluding hydrogens is 464 g/mol. The van der Waals surface area contributed by atoms with Crippen molar-refractivity contribution in [2.45, 2.75) is 38.1 Å². The third-order valence-corrected chi connectivity index (χ3v) is 6.99. The van der Waals surface area contributed by atoms with E-state index >= 15 is 0 Å². The second kappa shape index (κ2) is 10.0. The molecule has 2 fully saturated rings. The van der Waals surface area contributed by atoms with Crippen molar-refractivity contribution in [3.05, 3.63) is 72.6 Å². The number of rotatable bonds is 9. The molecule has 0 radical (unpaired) electrons. The van der Waals surface area contributed by atoms with Gasteiger partial charge in [0.05, 0.1) is 17.6 Å². The summed E-state index contributed by atoms with van der Waals surface area (Å²) < 4.78 is 2.06. The van der Waals surface area contributed by atoms with Gasteiger partial charge in [0, 0.05) is 55.0 Å². The highest BCUT2D eigenvalue weighted by atomic mass is 16.2. The van der Waals surface area contributed by atoms with E-state index in [4.69, 9.17) is 9.97 Å². The first-order chi connectivity index (χ1) is 18.2. The van der Waals surface area contributed by atoms with Crippen molar-refractivity contribution in [3.8, 4) is 22.5 Å². The first kappa shape index (κ1) is 23.2. The van der Waals surface area contributed by atoms with Crippen LogP contribution < -0.4 is 10.6 Å². The molecule has 0 atom stereocenters. The molecule has 1 aliphatic carbocycles. The number of aromatic nitrogens is 3. The quantitative estimate of drug-likeness (QED) is 0.337. The van der Waals surface area contributed by atoms with Crippen LogP contribution in [0.3, 0.4) is 0 Å². The van der Waals surface area contributed by atoms with Crippen LogP contribution in [0.15, 0.2) is 67.0 Å². The van der Waals surface area contributed by atoms with Crippen LogP contribution in [0.5, 0.6) is 0 Å². The normalized spacial score (nSPS) is 15.4. The number of carbonyl (C=O) groups is 2. The zero-order valence-corrected chi connectivity index (χ0v) is 20.7. The SMILES string of the molecule is O=C(NC1CC1)c1ccc(-c2cnc3c(NCCCN4CCCC4=O)nc(-c4ccccc4)cn23)cc1. The first-order valence-electron chi connectivity index (χ1n) is 13.0. The van der Waals surface area contributed by atoms with Gasteiger partial charge in [-0.25, -0.2) is 9.97 Å². The molecule has 6 rings (SSSR count). The number of hydrogen-bond acceptors (Lipinski definition) is 5. The molecule has 1 saturated carbocycles. The predicted octanol–water partition coefficient (Wildman–Crippen LogP) is 4.38. The maximum absolute atomic E-state index is 12.4. The zero-order chi connectivity index (χ0) is 25.2. The molecule has 37 heavy (non-hydrogen) atoms. The molecule has 4 aromatic rings. The molecule has 2 aliphatic rings. The van der Waals surface area contributed by atoms with Crippen LogP contribution in [0, 0.1) is 0 Å². The van der Waals surface area contributed by atoms with E-state index < -0.39 is 0 Å². The van der Waals surface area contributed by atoms with Gasteiger partial charge in [-0.1, -0.05) is 42.5 Å². The average Bonchev–Trinajstić information content (AvgIpc) is 3.49. The van der Waals surface area contributed by atoms with Crippen molar-refractivity contribution in [2.24, 2.45) is 0 Å². The molecule has 2 N–H and O–H groups in total. The first-order valence-corrected chi connectivity index (χ1v) is 13.0. The Hall–Kier alpha value is -4.20. The lowest BCUT2D eigenvalue weighted by atomic mass is 10.1. The largest absolute Gasteiger partial charge is 0.367 e. The lowest BCUT2D eigenvalue weighted by Gasteiger charge is -2.16. The zero-order valence-electron chi connectivity index (χ0n) is 20.7. The highest BCUT2D eigenvalue weighted by Gasteiger charge is 2.24. The van der Waals surface area contributed by atoms with E-state index in [0.717, 1.165) is 66.9 Å². The maximum atomic E-state index is 12.4. The van der Waals surface area contributed by atoms with Crippen molar-refractivity contribution in [2.75, 3.05) is 25.0 Å². The molecule has 0 spiro atoms. The third kappa shape index (κ3) is 5.05. The fourth-order valence-electron chi connectivity index (χ4n) is 4.77. The van der Waals surface area contributed by atoms with Crippen molar-refractivity contribution in [1.82, 2.24) is 24.6 Å². The molecular formula is C29H30N6O2. The fourth-order valence-corrected chi connectivity index (χ4v) is 4.77. The van der Waals surface area contributed by atoms with Gasteiger partial charge in [0.2, 0.25) is 5.91 Å². The number of likely N-dealkylation sites (tertiary alicyclic amines) is 1. The Kier molecular flexibility index (Phi) is 6.30. The maximum Gasteiger partial charge on any atom is 0.251 e. The van der Waals surface area contributed by atoms with Crippen molar-refractivity contribution in [3.63, 3.8) is 0 Å². The summed E-state index contributed by atoms with van der Waals surface area (Å²) in [4.78, 5) is 35.9. The minimum Gasteiger partial charge on any atom is -0.367 e. The van der Waals surface area contributed by atoms with Gasteiger partial charge in [-0.3, -0.25) is 14.0 Å². The number of amides is 2. The number of imidazole rings is 1. The van der Waals surface area contributed by atoms with Crippen LogP contribution >= 0.6 is 0 Å². The number of nitrogens with zero attached hydrogens (tertiary/aromatic N) is 4. The van der Waals surface area contributed by atoms with E-state index in [1.807, 2.05) is 71.9 Å². The minimum absolute atomic E-state index is 0.0233. The smallest absolute Gasteiger partial charge is 0.251 e. The lowest BCUT2D eigenvalue weighted by Crippen LogP contribution is -2.27. The van der Waals surface area contributed by atoms with Gasteiger partial charge in [0.15, 0.2) is 11.5 Å². The number of fused-ring (bicyclic) bond motifs is 1. The summed E-state index contributed by atoms with van der Waals surface area (Å²) in [6.45, 7) is 2.30. The molecule has 2 aromatic carbocycles. The summed E-state index contributed by atoms with van der Waals surface area (Å²) in [7, 11) is 0. The number of nitrogens with one attached hydrogen (secondary N) is 2. The lowest BCUT2D eigenvalue weighted by molar-refractivity contribution is -0.127. The molecule has 8 nitrogen and oxygen atoms in total. The Balaban J connectivity index is 1.28. The Labute approximate surface area is 215 Å². The molecule has 1 aliphatic heterocycles. The van der Waals surface area contributed by atoms with Crippen LogP contribution in [0.2, 0.25) is 0 Å². The molecule has 2 amide bonds. The van der Waals surface area contributed by atoms with Gasteiger partial charge in [0.25, 0.3) is 5.91 Å². The summed E-state index contributed by atoms with van der Waals surface area (Å²) in [6.07, 6.45) is 8.45. The minimum atomic E-state index is -0.0233. The van der Waals surface area contributed by atoms with Crippen molar-refractivity contribution in [1.29, 1.82) is 0 Å². The van der Waals surface area contributed by atoms with Crippen LogP contribution in [0.1, 0.15) is 42.5 Å². The summed E-state index contributed by atoms with van der Waals surface area (Å²) in [5, 5.41) is 6.50. The summed E-state index contributed by atoms with van der Waals surface area (Å²) in [5.41, 5.74) is 5.15. The van der Waals surface area contributed by atoms with Crippen LogP contribution in [-0.2, 0) is 4.79 Å². The molecule has 8 heteroatoms. The van der Waals surface area contributed by atoms with Gasteiger partial charge in [0.1, 0.15) is 0 Å². The Morgan fingerprint density at radius 1 is 1.03 bits per heavy atom. The topological polar surface area (TPSA) is 91.6 Å². The van der Waals surface area contributed by atoms with Gasteiger partial charge >= 0.3 is 0 Å². The van der Waals surface area contributed by atoms with Gasteiger partial charge in [-0.05, 0) is 37.8 Å². The van der Waals surface area contributed by atoms with Gasteiger partial charge in [-0.2, -0.15) is 0 Å². The highest BCUT2D eigenvalue weighted by Crippen LogP contribution is 2.28. The monoisotopic (exact) mass is 494 g/mol. The second-order valence-electron chi connectivity index (χ2n) is 9.77. The van der Waals surface area contributed by atoms with Crippen molar-refractivity contribution < 1.29 is 9.59 Å². The van der Waals surface area contributed by atoms with Crippen LogP contribution in [-0.4, -0.2) is 56.8 Å². The molecule has 2 aromatic heterocycles. The number of benzene rings is 2. The van der Waals surface area contributed by atoms with Gasteiger partial charge in [-0.15, -0.1) is 0 Å². The fraction of sp³-hybridized carbons (Fsp3) is 0.310. The molecule has 0 unspecified atom stereocenters. The van der Waals surface area contributed by atoms with Crippen LogP contribution in [0.25, 0.3) is 28.2 Å². The molecule has 188 valence electrons. The van der Waals surface area contributed by atoms with E-state index in [2.05, 4.69) is 15.0 Å². The Morgan fingerprint density at radius 3 is 2.57 bits per heavy atom. The van der Waals surface area contributed by atoms with E-state index in [0.29, 0.717) is 30.4 Å².